The van der Waals surface area contributed by atoms with Crippen LogP contribution in [0.5, 0.6) is 0 Å². The lowest BCUT2D eigenvalue weighted by atomic mass is 9.87. The number of amides is 1. The Bertz CT molecular complexity index is 599. The Labute approximate surface area is 142 Å². The van der Waals surface area contributed by atoms with Gasteiger partial charge in [0.15, 0.2) is 0 Å². The standard InChI is InChI=1S/C18H23N3OS/c19-14-18(6-1-2-7-18)17(22)20-16-5-3-4-15(12-16)13-21-8-10-23-11-9-21/h3-5,12H,1-2,6-11,13H2,(H,20,22). The van der Waals surface area contributed by atoms with Gasteiger partial charge in [-0.2, -0.15) is 17.0 Å². The van der Waals surface area contributed by atoms with Crippen molar-refractivity contribution >= 4 is 23.4 Å². The smallest absolute Gasteiger partial charge is 0.244 e. The normalized spacial score (nSPS) is 20.8. The van der Waals surface area contributed by atoms with E-state index in [0.29, 0.717) is 12.8 Å². The molecule has 1 amide bonds. The number of rotatable bonds is 4. The summed E-state index contributed by atoms with van der Waals surface area (Å²) in [5, 5.41) is 12.4. The predicted octanol–water partition coefficient (Wildman–Crippen LogP) is 3.26. The number of anilines is 1. The summed E-state index contributed by atoms with van der Waals surface area (Å²) in [6.07, 6.45) is 3.29. The molecule has 0 bridgehead atoms. The van der Waals surface area contributed by atoms with Crippen LogP contribution < -0.4 is 5.32 Å². The highest BCUT2D eigenvalue weighted by Crippen LogP contribution is 2.38. The van der Waals surface area contributed by atoms with Crippen molar-refractivity contribution in [1.29, 1.82) is 5.26 Å². The number of nitriles is 1. The molecule has 1 saturated carbocycles. The number of hydrogen-bond donors (Lipinski definition) is 1. The lowest BCUT2D eigenvalue weighted by Crippen LogP contribution is -2.33. The van der Waals surface area contributed by atoms with Gasteiger partial charge in [0, 0.05) is 36.8 Å². The SMILES string of the molecule is N#CC1(C(=O)Nc2cccc(CN3CCSCC3)c2)CCCC1. The number of hydrogen-bond acceptors (Lipinski definition) is 4. The largest absolute Gasteiger partial charge is 0.325 e. The third-order valence-electron chi connectivity index (χ3n) is 4.80. The third kappa shape index (κ3) is 3.88. The molecule has 1 N–H and O–H groups in total. The summed E-state index contributed by atoms with van der Waals surface area (Å²) in [5.74, 6) is 2.26. The van der Waals surface area contributed by atoms with E-state index in [1.165, 1.54) is 17.1 Å². The van der Waals surface area contributed by atoms with E-state index in [0.717, 1.165) is 38.2 Å². The van der Waals surface area contributed by atoms with Crippen LogP contribution in [0.3, 0.4) is 0 Å². The molecule has 3 rings (SSSR count). The van der Waals surface area contributed by atoms with Crippen molar-refractivity contribution < 1.29 is 4.79 Å². The molecule has 122 valence electrons. The van der Waals surface area contributed by atoms with E-state index in [-0.39, 0.29) is 5.91 Å². The number of thioether (sulfide) groups is 1. The molecule has 5 heteroatoms. The number of carbonyl (C=O) groups is 1. The second-order valence-electron chi connectivity index (χ2n) is 6.44. The first-order valence-corrected chi connectivity index (χ1v) is 9.49. The van der Waals surface area contributed by atoms with Gasteiger partial charge in [0.2, 0.25) is 5.91 Å². The maximum absolute atomic E-state index is 12.5. The molecule has 0 atom stereocenters. The minimum Gasteiger partial charge on any atom is -0.325 e. The van der Waals surface area contributed by atoms with Gasteiger partial charge in [-0.25, -0.2) is 0 Å². The van der Waals surface area contributed by atoms with Crippen molar-refractivity contribution in [3.63, 3.8) is 0 Å². The molecule has 1 aromatic carbocycles. The molecular formula is C18H23N3OS. The molecule has 2 aliphatic rings. The third-order valence-corrected chi connectivity index (χ3v) is 5.74. The van der Waals surface area contributed by atoms with Gasteiger partial charge in [0.25, 0.3) is 0 Å². The van der Waals surface area contributed by atoms with Crippen molar-refractivity contribution in [2.75, 3.05) is 29.9 Å². The maximum Gasteiger partial charge on any atom is 0.244 e. The Morgan fingerprint density at radius 1 is 1.30 bits per heavy atom. The average Bonchev–Trinajstić information content (AvgIpc) is 3.06. The highest BCUT2D eigenvalue weighted by atomic mass is 32.2. The highest BCUT2D eigenvalue weighted by Gasteiger charge is 2.41. The van der Waals surface area contributed by atoms with Crippen molar-refractivity contribution in [3.05, 3.63) is 29.8 Å². The molecule has 1 aliphatic heterocycles. The topological polar surface area (TPSA) is 56.1 Å². The molecule has 1 aromatic rings. The summed E-state index contributed by atoms with van der Waals surface area (Å²) in [4.78, 5) is 15.0. The van der Waals surface area contributed by atoms with Gasteiger partial charge in [0.1, 0.15) is 5.41 Å². The molecule has 0 unspecified atom stereocenters. The lowest BCUT2D eigenvalue weighted by Gasteiger charge is -2.26. The lowest BCUT2D eigenvalue weighted by molar-refractivity contribution is -0.122. The van der Waals surface area contributed by atoms with Crippen LogP contribution in [0.4, 0.5) is 5.69 Å². The van der Waals surface area contributed by atoms with Gasteiger partial charge >= 0.3 is 0 Å². The van der Waals surface area contributed by atoms with E-state index in [1.54, 1.807) is 0 Å². The van der Waals surface area contributed by atoms with Gasteiger partial charge in [0.05, 0.1) is 6.07 Å². The van der Waals surface area contributed by atoms with Crippen molar-refractivity contribution in [2.24, 2.45) is 5.41 Å². The monoisotopic (exact) mass is 329 g/mol. The minimum absolute atomic E-state index is 0.135. The Hall–Kier alpha value is -1.51. The fourth-order valence-electron chi connectivity index (χ4n) is 3.38. The van der Waals surface area contributed by atoms with Crippen LogP contribution in [0, 0.1) is 16.7 Å². The van der Waals surface area contributed by atoms with Gasteiger partial charge in [-0.05, 0) is 30.5 Å². The van der Waals surface area contributed by atoms with Crippen LogP contribution in [-0.4, -0.2) is 35.4 Å². The summed E-state index contributed by atoms with van der Waals surface area (Å²) in [6.45, 7) is 3.17. The maximum atomic E-state index is 12.5. The molecule has 1 saturated heterocycles. The zero-order valence-corrected chi connectivity index (χ0v) is 14.2. The van der Waals surface area contributed by atoms with E-state index in [2.05, 4.69) is 22.4 Å². The molecular weight excluding hydrogens is 306 g/mol. The van der Waals surface area contributed by atoms with Gasteiger partial charge < -0.3 is 5.32 Å². The quantitative estimate of drug-likeness (QED) is 0.921. The van der Waals surface area contributed by atoms with Crippen LogP contribution in [-0.2, 0) is 11.3 Å². The molecule has 2 fully saturated rings. The van der Waals surface area contributed by atoms with Gasteiger partial charge in [-0.15, -0.1) is 0 Å². The van der Waals surface area contributed by atoms with Crippen LogP contribution in [0.25, 0.3) is 0 Å². The van der Waals surface area contributed by atoms with E-state index in [9.17, 15) is 10.1 Å². The average molecular weight is 329 g/mol. The Balaban J connectivity index is 1.65. The summed E-state index contributed by atoms with van der Waals surface area (Å²) >= 11 is 2.01. The summed E-state index contributed by atoms with van der Waals surface area (Å²) < 4.78 is 0. The Morgan fingerprint density at radius 3 is 2.74 bits per heavy atom. The van der Waals surface area contributed by atoms with Crippen molar-refractivity contribution in [2.45, 2.75) is 32.2 Å². The minimum atomic E-state index is -0.819. The molecule has 1 aliphatic carbocycles. The fourth-order valence-corrected chi connectivity index (χ4v) is 4.36. The highest BCUT2D eigenvalue weighted by molar-refractivity contribution is 7.99. The Kier molecular flexibility index (Phi) is 5.24. The number of carbonyl (C=O) groups excluding carboxylic acids is 1. The number of nitrogens with zero attached hydrogens (tertiary/aromatic N) is 2. The van der Waals surface area contributed by atoms with E-state index >= 15 is 0 Å². The number of nitrogens with one attached hydrogen (secondary N) is 1. The second kappa shape index (κ2) is 7.37. The van der Waals surface area contributed by atoms with Crippen LogP contribution in [0.1, 0.15) is 31.2 Å². The summed E-state index contributed by atoms with van der Waals surface area (Å²) in [6, 6.07) is 10.3. The van der Waals surface area contributed by atoms with Crippen molar-refractivity contribution in [1.82, 2.24) is 4.90 Å². The van der Waals surface area contributed by atoms with Crippen molar-refractivity contribution in [3.8, 4) is 6.07 Å². The van der Waals surface area contributed by atoms with Crippen LogP contribution in [0.15, 0.2) is 24.3 Å². The fraction of sp³-hybridized carbons (Fsp3) is 0.556. The second-order valence-corrected chi connectivity index (χ2v) is 7.67. The molecule has 0 spiro atoms. The first-order valence-electron chi connectivity index (χ1n) is 8.34. The Morgan fingerprint density at radius 2 is 2.04 bits per heavy atom. The van der Waals surface area contributed by atoms with Crippen LogP contribution >= 0.6 is 11.8 Å². The summed E-state index contributed by atoms with van der Waals surface area (Å²) in [7, 11) is 0. The molecule has 4 nitrogen and oxygen atoms in total. The van der Waals surface area contributed by atoms with Gasteiger partial charge in [-0.1, -0.05) is 25.0 Å². The van der Waals surface area contributed by atoms with E-state index in [4.69, 9.17) is 0 Å². The zero-order chi connectivity index (χ0) is 16.1. The summed E-state index contributed by atoms with van der Waals surface area (Å²) in [5.41, 5.74) is 1.20. The first kappa shape index (κ1) is 16.4. The molecule has 0 radical (unpaired) electrons. The molecule has 1 heterocycles. The molecule has 0 aromatic heterocycles. The number of benzene rings is 1. The first-order chi connectivity index (χ1) is 11.2. The zero-order valence-electron chi connectivity index (χ0n) is 13.4. The predicted molar refractivity (Wildman–Crippen MR) is 94.2 cm³/mol. The van der Waals surface area contributed by atoms with E-state index in [1.807, 2.05) is 30.0 Å². The van der Waals surface area contributed by atoms with Gasteiger partial charge in [-0.3, -0.25) is 9.69 Å². The van der Waals surface area contributed by atoms with Crippen LogP contribution in [0.2, 0.25) is 0 Å². The van der Waals surface area contributed by atoms with E-state index < -0.39 is 5.41 Å². The molecule has 23 heavy (non-hydrogen) atoms.